The van der Waals surface area contributed by atoms with E-state index in [1.807, 2.05) is 42.1 Å². The standard InChI is InChI=1S/C19H23N3OS/c23-19(20-14-5-1-2-6-14)16-13-18(22-9-11-24-12-10-22)21-17-8-4-3-7-15(16)17/h3-4,7-8,13-14H,1-2,5-6,9-12H2,(H,20,23). The number of hydrogen-bond donors (Lipinski definition) is 1. The van der Waals surface area contributed by atoms with E-state index in [4.69, 9.17) is 4.98 Å². The van der Waals surface area contributed by atoms with Gasteiger partial charge in [-0.25, -0.2) is 4.98 Å². The molecule has 1 aliphatic carbocycles. The molecule has 5 heteroatoms. The highest BCUT2D eigenvalue weighted by molar-refractivity contribution is 7.99. The van der Waals surface area contributed by atoms with Crippen LogP contribution in [0.4, 0.5) is 5.82 Å². The summed E-state index contributed by atoms with van der Waals surface area (Å²) in [6.07, 6.45) is 4.65. The van der Waals surface area contributed by atoms with Crippen molar-refractivity contribution in [2.75, 3.05) is 29.5 Å². The van der Waals surface area contributed by atoms with Crippen LogP contribution in [0.3, 0.4) is 0 Å². The zero-order chi connectivity index (χ0) is 16.4. The summed E-state index contributed by atoms with van der Waals surface area (Å²) in [6.45, 7) is 2.00. The van der Waals surface area contributed by atoms with Crippen LogP contribution >= 0.6 is 11.8 Å². The molecule has 1 N–H and O–H groups in total. The average molecular weight is 341 g/mol. The molecule has 0 radical (unpaired) electrons. The minimum atomic E-state index is 0.0492. The Morgan fingerprint density at radius 3 is 2.71 bits per heavy atom. The first-order valence-corrected chi connectivity index (χ1v) is 10.00. The molecular formula is C19H23N3OS. The van der Waals surface area contributed by atoms with Crippen molar-refractivity contribution in [3.63, 3.8) is 0 Å². The van der Waals surface area contributed by atoms with Gasteiger partial charge in [0.25, 0.3) is 5.91 Å². The number of carbonyl (C=O) groups is 1. The van der Waals surface area contributed by atoms with Gasteiger partial charge in [0.1, 0.15) is 5.82 Å². The number of carbonyl (C=O) groups excluding carboxylic acids is 1. The van der Waals surface area contributed by atoms with Crippen LogP contribution in [0.5, 0.6) is 0 Å². The van der Waals surface area contributed by atoms with Gasteiger partial charge in [-0.2, -0.15) is 11.8 Å². The van der Waals surface area contributed by atoms with Crippen molar-refractivity contribution >= 4 is 34.4 Å². The van der Waals surface area contributed by atoms with E-state index in [9.17, 15) is 4.79 Å². The van der Waals surface area contributed by atoms with E-state index in [1.54, 1.807) is 0 Å². The molecular weight excluding hydrogens is 318 g/mol. The van der Waals surface area contributed by atoms with E-state index in [2.05, 4.69) is 10.2 Å². The van der Waals surface area contributed by atoms with Gasteiger partial charge in [-0.15, -0.1) is 0 Å². The molecule has 1 aromatic carbocycles. The largest absolute Gasteiger partial charge is 0.355 e. The molecule has 1 aromatic heterocycles. The Morgan fingerprint density at radius 1 is 1.17 bits per heavy atom. The van der Waals surface area contributed by atoms with Gasteiger partial charge in [-0.05, 0) is 25.0 Å². The minimum absolute atomic E-state index is 0.0492. The van der Waals surface area contributed by atoms with Crippen LogP contribution in [0.25, 0.3) is 10.9 Å². The monoisotopic (exact) mass is 341 g/mol. The number of para-hydroxylation sites is 1. The molecule has 2 heterocycles. The number of pyridine rings is 1. The third-order valence-corrected chi connectivity index (χ3v) is 5.92. The number of fused-ring (bicyclic) bond motifs is 1. The fraction of sp³-hybridized carbons (Fsp3) is 0.474. The third kappa shape index (κ3) is 3.22. The number of benzene rings is 1. The van der Waals surface area contributed by atoms with Crippen molar-refractivity contribution in [2.45, 2.75) is 31.7 Å². The minimum Gasteiger partial charge on any atom is -0.355 e. The second kappa shape index (κ2) is 7.01. The highest BCUT2D eigenvalue weighted by Gasteiger charge is 2.21. The summed E-state index contributed by atoms with van der Waals surface area (Å²) >= 11 is 1.98. The molecule has 0 unspecified atom stereocenters. The number of thioether (sulfide) groups is 1. The quantitative estimate of drug-likeness (QED) is 0.929. The lowest BCUT2D eigenvalue weighted by molar-refractivity contribution is 0.0939. The highest BCUT2D eigenvalue weighted by atomic mass is 32.2. The normalized spacial score (nSPS) is 18.9. The van der Waals surface area contributed by atoms with E-state index < -0.39 is 0 Å². The number of rotatable bonds is 3. The number of amides is 1. The van der Waals surface area contributed by atoms with E-state index in [0.29, 0.717) is 6.04 Å². The van der Waals surface area contributed by atoms with Crippen molar-refractivity contribution < 1.29 is 4.79 Å². The lowest BCUT2D eigenvalue weighted by Crippen LogP contribution is -2.35. The molecule has 4 rings (SSSR count). The van der Waals surface area contributed by atoms with Crippen LogP contribution < -0.4 is 10.2 Å². The topological polar surface area (TPSA) is 45.2 Å². The summed E-state index contributed by atoms with van der Waals surface area (Å²) in [4.78, 5) is 20.0. The second-order valence-electron chi connectivity index (χ2n) is 6.60. The molecule has 0 spiro atoms. The first kappa shape index (κ1) is 15.8. The maximum atomic E-state index is 12.9. The average Bonchev–Trinajstić information content (AvgIpc) is 3.14. The molecule has 2 fully saturated rings. The van der Waals surface area contributed by atoms with Gasteiger partial charge >= 0.3 is 0 Å². The maximum Gasteiger partial charge on any atom is 0.252 e. The van der Waals surface area contributed by atoms with Gasteiger partial charge in [0.05, 0.1) is 11.1 Å². The van der Waals surface area contributed by atoms with E-state index in [0.717, 1.165) is 59.7 Å². The van der Waals surface area contributed by atoms with Gasteiger partial charge in [0.2, 0.25) is 0 Å². The maximum absolute atomic E-state index is 12.9. The number of anilines is 1. The van der Waals surface area contributed by atoms with Gasteiger partial charge < -0.3 is 10.2 Å². The highest BCUT2D eigenvalue weighted by Crippen LogP contribution is 2.26. The Morgan fingerprint density at radius 2 is 1.92 bits per heavy atom. The van der Waals surface area contributed by atoms with Crippen molar-refractivity contribution in [2.24, 2.45) is 0 Å². The molecule has 24 heavy (non-hydrogen) atoms. The van der Waals surface area contributed by atoms with Crippen LogP contribution in [0.15, 0.2) is 30.3 Å². The van der Waals surface area contributed by atoms with Crippen molar-refractivity contribution in [1.29, 1.82) is 0 Å². The molecule has 1 aliphatic heterocycles. The number of aromatic nitrogens is 1. The first-order chi connectivity index (χ1) is 11.8. The number of nitrogens with zero attached hydrogens (tertiary/aromatic N) is 2. The summed E-state index contributed by atoms with van der Waals surface area (Å²) in [5, 5.41) is 4.18. The van der Waals surface area contributed by atoms with Crippen molar-refractivity contribution in [3.8, 4) is 0 Å². The fourth-order valence-corrected chi connectivity index (χ4v) is 4.54. The molecule has 1 saturated heterocycles. The van der Waals surface area contributed by atoms with E-state index >= 15 is 0 Å². The Labute approximate surface area is 147 Å². The second-order valence-corrected chi connectivity index (χ2v) is 7.82. The third-order valence-electron chi connectivity index (χ3n) is 4.97. The summed E-state index contributed by atoms with van der Waals surface area (Å²) in [5.41, 5.74) is 1.67. The Kier molecular flexibility index (Phi) is 4.60. The summed E-state index contributed by atoms with van der Waals surface area (Å²) in [7, 11) is 0. The summed E-state index contributed by atoms with van der Waals surface area (Å²) in [6, 6.07) is 10.3. The van der Waals surface area contributed by atoms with E-state index in [1.165, 1.54) is 12.8 Å². The SMILES string of the molecule is O=C(NC1CCCC1)c1cc(N2CCSCC2)nc2ccccc12. The Hall–Kier alpha value is -1.75. The number of nitrogens with one attached hydrogen (secondary N) is 1. The molecule has 2 aliphatic rings. The lowest BCUT2D eigenvalue weighted by atomic mass is 10.1. The smallest absolute Gasteiger partial charge is 0.252 e. The van der Waals surface area contributed by atoms with Crippen LogP contribution in [-0.2, 0) is 0 Å². The summed E-state index contributed by atoms with van der Waals surface area (Å²) in [5.74, 6) is 3.23. The molecule has 2 aromatic rings. The lowest BCUT2D eigenvalue weighted by Gasteiger charge is -2.28. The molecule has 126 valence electrons. The van der Waals surface area contributed by atoms with Gasteiger partial charge in [-0.1, -0.05) is 31.0 Å². The first-order valence-electron chi connectivity index (χ1n) is 8.84. The molecule has 0 bridgehead atoms. The van der Waals surface area contributed by atoms with Crippen molar-refractivity contribution in [1.82, 2.24) is 10.3 Å². The molecule has 0 atom stereocenters. The van der Waals surface area contributed by atoms with Crippen LogP contribution in [0.1, 0.15) is 36.0 Å². The predicted molar refractivity (Wildman–Crippen MR) is 101 cm³/mol. The Balaban J connectivity index is 1.69. The van der Waals surface area contributed by atoms with Crippen LogP contribution in [0, 0.1) is 0 Å². The van der Waals surface area contributed by atoms with Gasteiger partial charge in [0, 0.05) is 36.0 Å². The molecule has 1 amide bonds. The Bertz CT molecular complexity index is 736. The summed E-state index contributed by atoms with van der Waals surface area (Å²) < 4.78 is 0. The molecule has 4 nitrogen and oxygen atoms in total. The number of hydrogen-bond acceptors (Lipinski definition) is 4. The van der Waals surface area contributed by atoms with Gasteiger partial charge in [0.15, 0.2) is 0 Å². The van der Waals surface area contributed by atoms with Crippen LogP contribution in [-0.4, -0.2) is 41.5 Å². The van der Waals surface area contributed by atoms with Crippen LogP contribution in [0.2, 0.25) is 0 Å². The zero-order valence-electron chi connectivity index (χ0n) is 13.8. The zero-order valence-corrected chi connectivity index (χ0v) is 14.6. The van der Waals surface area contributed by atoms with Gasteiger partial charge in [-0.3, -0.25) is 4.79 Å². The predicted octanol–water partition coefficient (Wildman–Crippen LogP) is 3.46. The van der Waals surface area contributed by atoms with E-state index in [-0.39, 0.29) is 5.91 Å². The molecule has 1 saturated carbocycles. The van der Waals surface area contributed by atoms with Crippen molar-refractivity contribution in [3.05, 3.63) is 35.9 Å². The fourth-order valence-electron chi connectivity index (χ4n) is 3.64.